The van der Waals surface area contributed by atoms with Crippen molar-refractivity contribution >= 4 is 17.8 Å². The van der Waals surface area contributed by atoms with Crippen LogP contribution >= 0.6 is 0 Å². The van der Waals surface area contributed by atoms with Crippen LogP contribution in [0.1, 0.15) is 142 Å². The number of hydrogen-bond donors (Lipinski definition) is 2. The standard InChI is InChI=1S/C31H60N2O6/c1-3-5-7-9-11-13-15-17-19-21-29(35)38-25-23-33(31(37)28(32)27-34)24-26-39-30(36)22-20-18-16-14-12-10-8-6-4-2/h28,34H,3-27,32H2,1-2H3. The summed E-state index contributed by atoms with van der Waals surface area (Å²) in [5.41, 5.74) is 5.70. The van der Waals surface area contributed by atoms with Gasteiger partial charge in [0.1, 0.15) is 19.3 Å². The molecule has 0 aromatic rings. The number of hydrogen-bond acceptors (Lipinski definition) is 7. The summed E-state index contributed by atoms with van der Waals surface area (Å²) in [6, 6.07) is -1.06. The summed E-state index contributed by atoms with van der Waals surface area (Å²) >= 11 is 0. The molecule has 0 rings (SSSR count). The van der Waals surface area contributed by atoms with Crippen molar-refractivity contribution in [3.8, 4) is 0 Å². The van der Waals surface area contributed by atoms with Crippen molar-refractivity contribution in [1.82, 2.24) is 4.90 Å². The molecule has 1 atom stereocenters. The second-order valence-electron chi connectivity index (χ2n) is 10.7. The number of rotatable bonds is 28. The van der Waals surface area contributed by atoms with Crippen LogP contribution < -0.4 is 5.73 Å². The largest absolute Gasteiger partial charge is 0.464 e. The Hall–Kier alpha value is -1.67. The third-order valence-electron chi connectivity index (χ3n) is 7.04. The van der Waals surface area contributed by atoms with Gasteiger partial charge < -0.3 is 25.2 Å². The zero-order chi connectivity index (χ0) is 29.0. The van der Waals surface area contributed by atoms with Crippen LogP contribution in [0.4, 0.5) is 0 Å². The number of ether oxygens (including phenoxy) is 2. The Labute approximate surface area is 238 Å². The summed E-state index contributed by atoms with van der Waals surface area (Å²) < 4.78 is 10.6. The lowest BCUT2D eigenvalue weighted by atomic mass is 10.1. The molecule has 8 nitrogen and oxygen atoms in total. The summed E-state index contributed by atoms with van der Waals surface area (Å²) in [7, 11) is 0. The van der Waals surface area contributed by atoms with Gasteiger partial charge in [0.15, 0.2) is 0 Å². The summed E-state index contributed by atoms with van der Waals surface area (Å²) in [5, 5.41) is 9.26. The first kappa shape index (κ1) is 37.3. The number of aliphatic hydroxyl groups is 1. The number of amides is 1. The summed E-state index contributed by atoms with van der Waals surface area (Å²) in [5.74, 6) is -1.00. The lowest BCUT2D eigenvalue weighted by Crippen LogP contribution is -2.48. The van der Waals surface area contributed by atoms with Crippen LogP contribution in [0, 0.1) is 0 Å². The quantitative estimate of drug-likeness (QED) is 0.0887. The van der Waals surface area contributed by atoms with E-state index in [0.29, 0.717) is 12.8 Å². The summed E-state index contributed by atoms with van der Waals surface area (Å²) in [4.78, 5) is 38.0. The Morgan fingerprint density at radius 3 is 1.28 bits per heavy atom. The van der Waals surface area contributed by atoms with Crippen LogP contribution in [0.25, 0.3) is 0 Å². The molecule has 230 valence electrons. The van der Waals surface area contributed by atoms with Crippen LogP contribution in [-0.4, -0.2) is 66.8 Å². The molecule has 0 aliphatic heterocycles. The number of carbonyl (C=O) groups excluding carboxylic acids is 3. The minimum atomic E-state index is -1.06. The monoisotopic (exact) mass is 556 g/mol. The Balaban J connectivity index is 4.05. The Bertz CT molecular complexity index is 562. The first-order chi connectivity index (χ1) is 19.0. The number of esters is 2. The molecule has 0 saturated carbocycles. The van der Waals surface area contributed by atoms with E-state index in [-0.39, 0.29) is 38.2 Å². The molecule has 1 unspecified atom stereocenters. The molecule has 0 heterocycles. The third kappa shape index (κ3) is 23.9. The highest BCUT2D eigenvalue weighted by Crippen LogP contribution is 2.12. The predicted octanol–water partition coefficient (Wildman–Crippen LogP) is 6.06. The van der Waals surface area contributed by atoms with Gasteiger partial charge in [-0.25, -0.2) is 0 Å². The fourth-order valence-corrected chi connectivity index (χ4v) is 4.49. The van der Waals surface area contributed by atoms with Gasteiger partial charge in [-0.1, -0.05) is 117 Å². The Morgan fingerprint density at radius 1 is 0.615 bits per heavy atom. The molecule has 39 heavy (non-hydrogen) atoms. The maximum atomic E-state index is 12.5. The van der Waals surface area contributed by atoms with Gasteiger partial charge in [-0.2, -0.15) is 0 Å². The van der Waals surface area contributed by atoms with Crippen molar-refractivity contribution in [2.24, 2.45) is 5.73 Å². The van der Waals surface area contributed by atoms with Gasteiger partial charge in [0.05, 0.1) is 19.7 Å². The number of nitrogens with two attached hydrogens (primary N) is 1. The highest BCUT2D eigenvalue weighted by molar-refractivity contribution is 5.81. The molecule has 8 heteroatoms. The smallest absolute Gasteiger partial charge is 0.305 e. The van der Waals surface area contributed by atoms with Crippen LogP contribution in [0.3, 0.4) is 0 Å². The molecule has 0 radical (unpaired) electrons. The normalized spacial score (nSPS) is 11.8. The van der Waals surface area contributed by atoms with Crippen molar-refractivity contribution in [1.29, 1.82) is 0 Å². The van der Waals surface area contributed by atoms with E-state index < -0.39 is 18.6 Å². The van der Waals surface area contributed by atoms with Crippen molar-refractivity contribution in [3.63, 3.8) is 0 Å². The first-order valence-corrected chi connectivity index (χ1v) is 15.9. The van der Waals surface area contributed by atoms with E-state index in [9.17, 15) is 19.5 Å². The number of carbonyl (C=O) groups is 3. The molecule has 0 bridgehead atoms. The number of unbranched alkanes of at least 4 members (excludes halogenated alkanes) is 16. The summed E-state index contributed by atoms with van der Waals surface area (Å²) in [6.07, 6.45) is 22.0. The van der Waals surface area contributed by atoms with E-state index >= 15 is 0 Å². The third-order valence-corrected chi connectivity index (χ3v) is 7.04. The van der Waals surface area contributed by atoms with Crippen molar-refractivity contribution in [2.75, 3.05) is 32.9 Å². The van der Waals surface area contributed by atoms with Crippen LogP contribution in [0.5, 0.6) is 0 Å². The van der Waals surface area contributed by atoms with E-state index in [1.54, 1.807) is 0 Å². The number of aliphatic hydroxyl groups excluding tert-OH is 1. The van der Waals surface area contributed by atoms with Crippen molar-refractivity contribution in [3.05, 3.63) is 0 Å². The number of nitrogens with zero attached hydrogens (tertiary/aromatic N) is 1. The topological polar surface area (TPSA) is 119 Å². The van der Waals surface area contributed by atoms with Gasteiger partial charge in [0.25, 0.3) is 0 Å². The zero-order valence-corrected chi connectivity index (χ0v) is 25.3. The average molecular weight is 557 g/mol. The van der Waals surface area contributed by atoms with Gasteiger partial charge in [-0.05, 0) is 12.8 Å². The maximum absolute atomic E-state index is 12.5. The van der Waals surface area contributed by atoms with E-state index in [2.05, 4.69) is 13.8 Å². The Kier molecular flexibility index (Phi) is 26.7. The average Bonchev–Trinajstić information content (AvgIpc) is 2.93. The SMILES string of the molecule is CCCCCCCCCCCC(=O)OCCN(CCOC(=O)CCCCCCCCCCC)C(=O)C(N)CO. The highest BCUT2D eigenvalue weighted by atomic mass is 16.5. The zero-order valence-electron chi connectivity index (χ0n) is 25.3. The fourth-order valence-electron chi connectivity index (χ4n) is 4.49. The first-order valence-electron chi connectivity index (χ1n) is 15.9. The Morgan fingerprint density at radius 2 is 0.949 bits per heavy atom. The molecule has 1 amide bonds. The fraction of sp³-hybridized carbons (Fsp3) is 0.903. The van der Waals surface area contributed by atoms with Crippen LogP contribution in [0.2, 0.25) is 0 Å². The molecule has 0 aromatic carbocycles. The molecular weight excluding hydrogens is 496 g/mol. The van der Waals surface area contributed by atoms with Gasteiger partial charge in [-0.3, -0.25) is 14.4 Å². The molecule has 0 spiro atoms. The second kappa shape index (κ2) is 27.9. The van der Waals surface area contributed by atoms with E-state index in [4.69, 9.17) is 15.2 Å². The van der Waals surface area contributed by atoms with Gasteiger partial charge in [-0.15, -0.1) is 0 Å². The van der Waals surface area contributed by atoms with E-state index in [1.165, 1.54) is 81.9 Å². The lowest BCUT2D eigenvalue weighted by molar-refractivity contribution is -0.148. The van der Waals surface area contributed by atoms with E-state index in [1.807, 2.05) is 0 Å². The molecule has 3 N–H and O–H groups in total. The van der Waals surface area contributed by atoms with Gasteiger partial charge in [0.2, 0.25) is 5.91 Å². The molecule has 0 aromatic heterocycles. The summed E-state index contributed by atoms with van der Waals surface area (Å²) in [6.45, 7) is 4.34. The lowest BCUT2D eigenvalue weighted by Gasteiger charge is -2.24. The van der Waals surface area contributed by atoms with Crippen LogP contribution in [0.15, 0.2) is 0 Å². The van der Waals surface area contributed by atoms with Crippen molar-refractivity contribution in [2.45, 2.75) is 148 Å². The van der Waals surface area contributed by atoms with Gasteiger partial charge >= 0.3 is 11.9 Å². The highest BCUT2D eigenvalue weighted by Gasteiger charge is 2.21. The van der Waals surface area contributed by atoms with Crippen molar-refractivity contribution < 1.29 is 29.0 Å². The molecule has 0 aliphatic carbocycles. The predicted molar refractivity (Wildman–Crippen MR) is 157 cm³/mol. The van der Waals surface area contributed by atoms with Gasteiger partial charge in [0, 0.05) is 12.8 Å². The molecule has 0 saturated heterocycles. The minimum absolute atomic E-state index is 0.0482. The van der Waals surface area contributed by atoms with E-state index in [0.717, 1.165) is 38.5 Å². The second-order valence-corrected chi connectivity index (χ2v) is 10.7. The molecule has 0 aliphatic rings. The molecular formula is C31H60N2O6. The minimum Gasteiger partial charge on any atom is -0.464 e. The van der Waals surface area contributed by atoms with Crippen LogP contribution in [-0.2, 0) is 23.9 Å². The maximum Gasteiger partial charge on any atom is 0.305 e. The molecule has 0 fully saturated rings.